The Morgan fingerprint density at radius 2 is 2.09 bits per heavy atom. The van der Waals surface area contributed by atoms with E-state index < -0.39 is 12.0 Å². The Labute approximate surface area is 216 Å². The summed E-state index contributed by atoms with van der Waals surface area (Å²) in [5.74, 6) is -0.0406. The van der Waals surface area contributed by atoms with E-state index in [9.17, 15) is 4.79 Å². The van der Waals surface area contributed by atoms with E-state index in [0.29, 0.717) is 18.7 Å². The van der Waals surface area contributed by atoms with Gasteiger partial charge in [-0.1, -0.05) is 42.5 Å². The van der Waals surface area contributed by atoms with Gasteiger partial charge in [-0.25, -0.2) is 15.2 Å². The van der Waals surface area contributed by atoms with E-state index in [1.165, 1.54) is 16.3 Å². The fourth-order valence-electron chi connectivity index (χ4n) is 4.41. The van der Waals surface area contributed by atoms with E-state index in [1.54, 1.807) is 0 Å². The Hall–Kier alpha value is -1.98. The average Bonchev–Trinajstić information content (AvgIpc) is 3.17. The first-order chi connectivity index (χ1) is 16.4. The van der Waals surface area contributed by atoms with Gasteiger partial charge in [0.2, 0.25) is 0 Å². The number of carbonyl (C=O) groups is 1. The zero-order chi connectivity index (χ0) is 24.7. The van der Waals surface area contributed by atoms with Crippen molar-refractivity contribution in [3.63, 3.8) is 0 Å². The molecule has 2 aliphatic heterocycles. The van der Waals surface area contributed by atoms with Crippen LogP contribution in [0, 0.1) is 10.8 Å². The molecule has 1 aromatic rings. The molecule has 9 heteroatoms. The maximum atomic E-state index is 12.9. The minimum absolute atomic E-state index is 0.126. The number of alkyl halides is 1. The molecule has 0 aromatic heterocycles. The van der Waals surface area contributed by atoms with Crippen LogP contribution < -0.4 is 10.3 Å². The van der Waals surface area contributed by atoms with Crippen LogP contribution in [0.15, 0.2) is 23.8 Å². The molecule has 0 amide bonds. The van der Waals surface area contributed by atoms with E-state index >= 15 is 0 Å². The molecular formula is C25H37IN6O2. The molecule has 2 aliphatic rings. The molecule has 1 atom stereocenters. The summed E-state index contributed by atoms with van der Waals surface area (Å²) in [6.45, 7) is 10.7. The first kappa shape index (κ1) is 26.6. The van der Waals surface area contributed by atoms with Gasteiger partial charge in [0.25, 0.3) is 0 Å². The molecule has 2 heterocycles. The maximum Gasteiger partial charge on any atom is 0.329 e. The van der Waals surface area contributed by atoms with Gasteiger partial charge in [-0.15, -0.1) is 0 Å². The van der Waals surface area contributed by atoms with Crippen molar-refractivity contribution in [2.24, 2.45) is 0 Å². The van der Waals surface area contributed by atoms with Crippen molar-refractivity contribution in [1.29, 1.82) is 10.8 Å². The molecule has 0 saturated carbocycles. The van der Waals surface area contributed by atoms with Crippen LogP contribution in [0.2, 0.25) is 0 Å². The molecule has 0 aliphatic carbocycles. The van der Waals surface area contributed by atoms with Gasteiger partial charge in [0.1, 0.15) is 11.7 Å². The smallest absolute Gasteiger partial charge is 0.329 e. The number of likely N-dealkylation sites (N-methyl/N-ethyl adjacent to an activating group) is 1. The predicted molar refractivity (Wildman–Crippen MR) is 147 cm³/mol. The molecule has 186 valence electrons. The Morgan fingerprint density at radius 1 is 1.32 bits per heavy atom. The van der Waals surface area contributed by atoms with Gasteiger partial charge in [0.15, 0.2) is 6.04 Å². The third kappa shape index (κ3) is 6.17. The van der Waals surface area contributed by atoms with Crippen molar-refractivity contribution in [3.8, 4) is 0 Å². The summed E-state index contributed by atoms with van der Waals surface area (Å²) in [5, 5.41) is 18.8. The summed E-state index contributed by atoms with van der Waals surface area (Å²) >= 11 is 2.26. The number of halogens is 1. The first-order valence-electron chi connectivity index (χ1n) is 12.2. The molecule has 1 fully saturated rings. The molecule has 1 saturated heterocycles. The summed E-state index contributed by atoms with van der Waals surface area (Å²) in [7, 11) is 0. The maximum absolute atomic E-state index is 12.9. The topological polar surface area (TPSA) is 95.8 Å². The highest BCUT2D eigenvalue weighted by molar-refractivity contribution is 14.1. The monoisotopic (exact) mass is 580 g/mol. The number of esters is 1. The van der Waals surface area contributed by atoms with E-state index in [1.807, 2.05) is 19.9 Å². The number of fused-ring (bicyclic) bond motifs is 1. The number of nitrogens with one attached hydrogen (secondary N) is 3. The second kappa shape index (κ2) is 12.6. The van der Waals surface area contributed by atoms with Crippen molar-refractivity contribution < 1.29 is 9.53 Å². The predicted octanol–water partition coefficient (Wildman–Crippen LogP) is 3.70. The lowest BCUT2D eigenvalue weighted by Gasteiger charge is -2.30. The lowest BCUT2D eigenvalue weighted by molar-refractivity contribution is -0.145. The van der Waals surface area contributed by atoms with Crippen LogP contribution in [0.1, 0.15) is 44.7 Å². The molecule has 0 spiro atoms. The lowest BCUT2D eigenvalue weighted by Crippen LogP contribution is -2.48. The van der Waals surface area contributed by atoms with Crippen molar-refractivity contribution in [2.75, 3.05) is 48.7 Å². The Bertz CT molecular complexity index is 930. The van der Waals surface area contributed by atoms with Gasteiger partial charge >= 0.3 is 5.97 Å². The summed E-state index contributed by atoms with van der Waals surface area (Å²) in [6, 6.07) is 5.56. The van der Waals surface area contributed by atoms with Crippen molar-refractivity contribution in [1.82, 2.24) is 15.3 Å². The van der Waals surface area contributed by atoms with Crippen LogP contribution in [0.5, 0.6) is 0 Å². The number of hydrogen-bond donors (Lipinski definition) is 3. The average molecular weight is 581 g/mol. The SMILES string of the molecule is CCN(CC)CC(=N)N1NC(C(=O)OCCCI)/C(=C/c2ccc3c(c2)CCCN3CC)C1=N. The zero-order valence-corrected chi connectivity index (χ0v) is 22.7. The minimum Gasteiger partial charge on any atom is -0.464 e. The molecule has 1 aromatic carbocycles. The van der Waals surface area contributed by atoms with Gasteiger partial charge < -0.3 is 9.64 Å². The van der Waals surface area contributed by atoms with Crippen molar-refractivity contribution in [2.45, 2.75) is 46.1 Å². The number of ether oxygens (including phenoxy) is 1. The van der Waals surface area contributed by atoms with Crippen molar-refractivity contribution >= 4 is 52.0 Å². The lowest BCUT2D eigenvalue weighted by atomic mass is 9.97. The number of hydrazine groups is 1. The highest BCUT2D eigenvalue weighted by Gasteiger charge is 2.39. The molecule has 3 N–H and O–H groups in total. The molecule has 0 radical (unpaired) electrons. The fraction of sp³-hybridized carbons (Fsp3) is 0.560. The van der Waals surface area contributed by atoms with E-state index in [0.717, 1.165) is 55.4 Å². The quantitative estimate of drug-likeness (QED) is 0.0977. The molecular weight excluding hydrogens is 543 g/mol. The number of nitrogens with zero attached hydrogens (tertiary/aromatic N) is 3. The number of benzene rings is 1. The largest absolute Gasteiger partial charge is 0.464 e. The third-order valence-corrected chi connectivity index (χ3v) is 7.15. The Morgan fingerprint density at radius 3 is 2.76 bits per heavy atom. The number of carbonyl (C=O) groups excluding carboxylic acids is 1. The van der Waals surface area contributed by atoms with Gasteiger partial charge in [0, 0.05) is 28.8 Å². The van der Waals surface area contributed by atoms with Crippen LogP contribution in [0.4, 0.5) is 5.69 Å². The number of hydrogen-bond acceptors (Lipinski definition) is 7. The summed E-state index contributed by atoms with van der Waals surface area (Å²) in [5.41, 5.74) is 7.14. The number of aryl methyl sites for hydroxylation is 1. The molecule has 0 bridgehead atoms. The first-order valence-corrected chi connectivity index (χ1v) is 13.7. The van der Waals surface area contributed by atoms with E-state index in [-0.39, 0.29) is 11.7 Å². The molecule has 1 unspecified atom stereocenters. The summed E-state index contributed by atoms with van der Waals surface area (Å²) < 4.78 is 6.40. The number of rotatable bonds is 10. The van der Waals surface area contributed by atoms with Crippen LogP contribution in [0.25, 0.3) is 6.08 Å². The minimum atomic E-state index is -0.804. The van der Waals surface area contributed by atoms with Gasteiger partial charge in [-0.3, -0.25) is 15.7 Å². The normalized spacial score (nSPS) is 19.1. The van der Waals surface area contributed by atoms with Crippen LogP contribution in [-0.2, 0) is 16.0 Å². The number of amidine groups is 2. The van der Waals surface area contributed by atoms with Gasteiger partial charge in [0.05, 0.1) is 13.2 Å². The molecule has 8 nitrogen and oxygen atoms in total. The fourth-order valence-corrected chi connectivity index (χ4v) is 4.72. The standard InChI is InChI=1S/C25H37IN6O2/c1-4-30(5-2)17-22(27)32-24(28)20(23(29-32)25(33)34-14-8-12-26)16-18-10-11-21-19(15-18)9-7-13-31(21)6-3/h10-11,15-16,23,27-29H,4-9,12-14,17H2,1-3H3/b20-16-,27-22?,28-24?. The Balaban J connectivity index is 1.89. The van der Waals surface area contributed by atoms with Gasteiger partial charge in [-0.2, -0.15) is 0 Å². The zero-order valence-electron chi connectivity index (χ0n) is 20.5. The number of anilines is 1. The van der Waals surface area contributed by atoms with E-state index in [2.05, 4.69) is 62.9 Å². The summed E-state index contributed by atoms with van der Waals surface area (Å²) in [4.78, 5) is 17.4. The van der Waals surface area contributed by atoms with Crippen molar-refractivity contribution in [3.05, 3.63) is 34.9 Å². The van der Waals surface area contributed by atoms with Crippen LogP contribution >= 0.6 is 22.6 Å². The second-order valence-corrected chi connectivity index (χ2v) is 9.61. The van der Waals surface area contributed by atoms with Crippen LogP contribution in [0.3, 0.4) is 0 Å². The highest BCUT2D eigenvalue weighted by atomic mass is 127. The Kier molecular flexibility index (Phi) is 9.90. The third-order valence-electron chi connectivity index (χ3n) is 6.38. The second-order valence-electron chi connectivity index (χ2n) is 8.54. The van der Waals surface area contributed by atoms with Gasteiger partial charge in [-0.05, 0) is 68.6 Å². The van der Waals surface area contributed by atoms with E-state index in [4.69, 9.17) is 15.6 Å². The molecule has 34 heavy (non-hydrogen) atoms. The summed E-state index contributed by atoms with van der Waals surface area (Å²) in [6.07, 6.45) is 4.84. The van der Waals surface area contributed by atoms with Crippen LogP contribution in [-0.4, -0.2) is 77.3 Å². The molecule has 3 rings (SSSR count). The highest BCUT2D eigenvalue weighted by Crippen LogP contribution is 2.29.